The molecule has 0 saturated heterocycles. The quantitative estimate of drug-likeness (QED) is 0.799. The third kappa shape index (κ3) is 5.36. The monoisotopic (exact) mass is 300 g/mol. The van der Waals surface area contributed by atoms with Crippen LogP contribution in [0.1, 0.15) is 32.4 Å². The van der Waals surface area contributed by atoms with Crippen molar-refractivity contribution in [1.29, 1.82) is 0 Å². The maximum Gasteiger partial charge on any atom is 0.411 e. The lowest BCUT2D eigenvalue weighted by atomic mass is 10.1. The second-order valence-electron chi connectivity index (χ2n) is 5.50. The number of rotatable bonds is 4. The first-order chi connectivity index (χ1) is 9.23. The van der Waals surface area contributed by atoms with Crippen molar-refractivity contribution in [2.24, 2.45) is 0 Å². The van der Waals surface area contributed by atoms with Crippen LogP contribution in [0.25, 0.3) is 0 Å². The van der Waals surface area contributed by atoms with Crippen LogP contribution in [-0.4, -0.2) is 30.4 Å². The number of halogens is 1. The number of carbonyl (C=O) groups excluding carboxylic acids is 1. The Balaban J connectivity index is 2.73. The van der Waals surface area contributed by atoms with Gasteiger partial charge >= 0.3 is 6.09 Å². The Labute approximate surface area is 124 Å². The smallest absolute Gasteiger partial charge is 0.411 e. The van der Waals surface area contributed by atoms with Gasteiger partial charge in [0.1, 0.15) is 0 Å². The van der Waals surface area contributed by atoms with E-state index in [0.717, 1.165) is 0 Å². The van der Waals surface area contributed by atoms with Crippen molar-refractivity contribution in [3.05, 3.63) is 28.8 Å². The molecule has 1 rings (SSSR count). The van der Waals surface area contributed by atoms with E-state index in [1.807, 2.05) is 20.8 Å². The third-order valence-electron chi connectivity index (χ3n) is 2.63. The summed E-state index contributed by atoms with van der Waals surface area (Å²) < 4.78 is 4.49. The molecule has 0 radical (unpaired) electrons. The number of nitrogens with one attached hydrogen (secondary N) is 2. The standard InChI is InChI=1S/C14H21ClN2O3/c1-14(2,3)16-8-12(18)9-5-6-11(10(15)7-9)17-13(19)20-4/h5-7,12,16,18H,8H2,1-4H3,(H,17,19). The van der Waals surface area contributed by atoms with E-state index < -0.39 is 12.2 Å². The van der Waals surface area contributed by atoms with Crippen molar-refractivity contribution >= 4 is 23.4 Å². The molecule has 0 aromatic heterocycles. The summed E-state index contributed by atoms with van der Waals surface area (Å²) in [5.41, 5.74) is 1.05. The summed E-state index contributed by atoms with van der Waals surface area (Å²) in [5.74, 6) is 0. The van der Waals surface area contributed by atoms with Gasteiger partial charge in [-0.2, -0.15) is 0 Å². The summed E-state index contributed by atoms with van der Waals surface area (Å²) in [6.07, 6.45) is -1.26. The van der Waals surface area contributed by atoms with Crippen molar-refractivity contribution in [2.45, 2.75) is 32.4 Å². The summed E-state index contributed by atoms with van der Waals surface area (Å²) in [6, 6.07) is 4.98. The van der Waals surface area contributed by atoms with Gasteiger partial charge in [-0.25, -0.2) is 4.79 Å². The number of methoxy groups -OCH3 is 1. The van der Waals surface area contributed by atoms with Crippen molar-refractivity contribution in [1.82, 2.24) is 5.32 Å². The molecule has 3 N–H and O–H groups in total. The summed E-state index contributed by atoms with van der Waals surface area (Å²) in [5, 5.41) is 16.1. The predicted molar refractivity (Wildman–Crippen MR) is 80.2 cm³/mol. The van der Waals surface area contributed by atoms with Crippen molar-refractivity contribution in [3.8, 4) is 0 Å². The van der Waals surface area contributed by atoms with Gasteiger partial charge in [0.05, 0.1) is 23.9 Å². The Hall–Kier alpha value is -1.30. The van der Waals surface area contributed by atoms with Gasteiger partial charge in [0.25, 0.3) is 0 Å². The van der Waals surface area contributed by atoms with Crippen LogP contribution < -0.4 is 10.6 Å². The second-order valence-corrected chi connectivity index (χ2v) is 5.91. The van der Waals surface area contributed by atoms with Gasteiger partial charge in [-0.15, -0.1) is 0 Å². The number of amides is 1. The van der Waals surface area contributed by atoms with Gasteiger partial charge in [0.15, 0.2) is 0 Å². The van der Waals surface area contributed by atoms with Crippen LogP contribution in [0, 0.1) is 0 Å². The summed E-state index contributed by atoms with van der Waals surface area (Å²) >= 11 is 6.06. The van der Waals surface area contributed by atoms with Crippen LogP contribution in [0.15, 0.2) is 18.2 Å². The molecule has 112 valence electrons. The summed E-state index contributed by atoms with van der Waals surface area (Å²) in [6.45, 7) is 6.49. The SMILES string of the molecule is COC(=O)Nc1ccc(C(O)CNC(C)(C)C)cc1Cl. The molecule has 0 saturated carbocycles. The second kappa shape index (κ2) is 6.92. The van der Waals surface area contributed by atoms with E-state index in [4.69, 9.17) is 11.6 Å². The lowest BCUT2D eigenvalue weighted by Crippen LogP contribution is -2.38. The summed E-state index contributed by atoms with van der Waals surface area (Å²) in [4.78, 5) is 11.1. The molecule has 20 heavy (non-hydrogen) atoms. The first-order valence-corrected chi connectivity index (χ1v) is 6.68. The Kier molecular flexibility index (Phi) is 5.80. The lowest BCUT2D eigenvalue weighted by Gasteiger charge is -2.23. The Morgan fingerprint density at radius 2 is 2.10 bits per heavy atom. The largest absolute Gasteiger partial charge is 0.453 e. The highest BCUT2D eigenvalue weighted by molar-refractivity contribution is 6.33. The molecule has 0 heterocycles. The van der Waals surface area contributed by atoms with E-state index in [1.54, 1.807) is 18.2 Å². The van der Waals surface area contributed by atoms with Crippen molar-refractivity contribution < 1.29 is 14.6 Å². The number of hydrogen-bond acceptors (Lipinski definition) is 4. The van der Waals surface area contributed by atoms with E-state index in [-0.39, 0.29) is 5.54 Å². The van der Waals surface area contributed by atoms with Gasteiger partial charge in [0, 0.05) is 12.1 Å². The van der Waals surface area contributed by atoms with Crippen LogP contribution in [0.4, 0.5) is 10.5 Å². The molecule has 1 amide bonds. The number of carbonyl (C=O) groups is 1. The average molecular weight is 301 g/mol. The molecular weight excluding hydrogens is 280 g/mol. The number of hydrogen-bond donors (Lipinski definition) is 3. The molecule has 0 aliphatic heterocycles. The highest BCUT2D eigenvalue weighted by Crippen LogP contribution is 2.26. The van der Waals surface area contributed by atoms with Crippen LogP contribution in [0.3, 0.4) is 0 Å². The fourth-order valence-electron chi connectivity index (χ4n) is 1.52. The molecule has 0 bridgehead atoms. The number of aliphatic hydroxyl groups is 1. The maximum atomic E-state index is 11.1. The first kappa shape index (κ1) is 16.8. The highest BCUT2D eigenvalue weighted by atomic mass is 35.5. The Morgan fingerprint density at radius 1 is 1.45 bits per heavy atom. The molecular formula is C14H21ClN2O3. The van der Waals surface area contributed by atoms with Gasteiger partial charge in [-0.1, -0.05) is 17.7 Å². The molecule has 0 aliphatic rings. The fraction of sp³-hybridized carbons (Fsp3) is 0.500. The highest BCUT2D eigenvalue weighted by Gasteiger charge is 2.15. The fourth-order valence-corrected chi connectivity index (χ4v) is 1.76. The molecule has 1 atom stereocenters. The number of β-amino-alcohol motifs (C(OH)–C–C–N with tert-alkyl or cyclic N) is 1. The minimum absolute atomic E-state index is 0.0723. The maximum absolute atomic E-state index is 11.1. The number of anilines is 1. The summed E-state index contributed by atoms with van der Waals surface area (Å²) in [7, 11) is 1.28. The number of ether oxygens (including phenoxy) is 1. The van der Waals surface area contributed by atoms with Crippen LogP contribution in [-0.2, 0) is 4.74 Å². The van der Waals surface area contributed by atoms with Crippen LogP contribution >= 0.6 is 11.6 Å². The van der Waals surface area contributed by atoms with E-state index in [2.05, 4.69) is 15.4 Å². The zero-order valence-corrected chi connectivity index (χ0v) is 12.9. The Morgan fingerprint density at radius 3 is 2.60 bits per heavy atom. The van der Waals surface area contributed by atoms with E-state index >= 15 is 0 Å². The molecule has 1 aromatic carbocycles. The Bertz CT molecular complexity index is 472. The molecule has 1 aromatic rings. The number of aliphatic hydroxyl groups excluding tert-OH is 1. The molecule has 0 fully saturated rings. The van der Waals surface area contributed by atoms with Crippen LogP contribution in [0.5, 0.6) is 0 Å². The zero-order chi connectivity index (χ0) is 15.3. The minimum Gasteiger partial charge on any atom is -0.453 e. The topological polar surface area (TPSA) is 70.6 Å². The van der Waals surface area contributed by atoms with E-state index in [0.29, 0.717) is 22.8 Å². The van der Waals surface area contributed by atoms with E-state index in [1.165, 1.54) is 7.11 Å². The normalized spacial score (nSPS) is 12.9. The van der Waals surface area contributed by atoms with Crippen molar-refractivity contribution in [2.75, 3.05) is 19.0 Å². The van der Waals surface area contributed by atoms with Crippen molar-refractivity contribution in [3.63, 3.8) is 0 Å². The molecule has 5 nitrogen and oxygen atoms in total. The molecule has 1 unspecified atom stereocenters. The predicted octanol–water partition coefficient (Wildman–Crippen LogP) is 2.94. The zero-order valence-electron chi connectivity index (χ0n) is 12.2. The van der Waals surface area contributed by atoms with Gasteiger partial charge < -0.3 is 15.2 Å². The number of benzene rings is 1. The van der Waals surface area contributed by atoms with Crippen LogP contribution in [0.2, 0.25) is 5.02 Å². The lowest BCUT2D eigenvalue weighted by molar-refractivity contribution is 0.163. The average Bonchev–Trinajstić information content (AvgIpc) is 2.37. The molecule has 0 spiro atoms. The molecule has 0 aliphatic carbocycles. The van der Waals surface area contributed by atoms with Gasteiger partial charge in [-0.05, 0) is 38.5 Å². The third-order valence-corrected chi connectivity index (χ3v) is 2.94. The minimum atomic E-state index is -0.668. The van der Waals surface area contributed by atoms with E-state index in [9.17, 15) is 9.90 Å². The molecule has 6 heteroatoms. The van der Waals surface area contributed by atoms with Gasteiger partial charge in [0.2, 0.25) is 0 Å². The first-order valence-electron chi connectivity index (χ1n) is 6.30. The van der Waals surface area contributed by atoms with Gasteiger partial charge in [-0.3, -0.25) is 5.32 Å².